The minimum atomic E-state index is -0.452. The van der Waals surface area contributed by atoms with Crippen LogP contribution in [0.15, 0.2) is 36.7 Å². The molecule has 0 saturated heterocycles. The highest BCUT2D eigenvalue weighted by Crippen LogP contribution is 2.19. The number of nitrogens with one attached hydrogen (secondary N) is 1. The molecule has 0 fully saturated rings. The smallest absolute Gasteiger partial charge is 0.259 e. The molecule has 1 atom stereocenters. The van der Waals surface area contributed by atoms with Gasteiger partial charge in [-0.05, 0) is 18.6 Å². The minimum Gasteiger partial charge on any atom is -0.398 e. The topological polar surface area (TPSA) is 90.0 Å². The van der Waals surface area contributed by atoms with Crippen LogP contribution in [-0.4, -0.2) is 21.4 Å². The molecule has 6 nitrogen and oxygen atoms in total. The summed E-state index contributed by atoms with van der Waals surface area (Å²) in [5.74, 6) is -0.0635. The van der Waals surface area contributed by atoms with E-state index in [-0.39, 0.29) is 11.8 Å². The van der Waals surface area contributed by atoms with Crippen molar-refractivity contribution in [1.82, 2.24) is 14.9 Å². The third-order valence-electron chi connectivity index (χ3n) is 3.76. The van der Waals surface area contributed by atoms with Gasteiger partial charge in [0.25, 0.3) is 5.91 Å². The molecular formula is C15H16N4O2. The second kappa shape index (κ2) is 5.40. The number of benzene rings is 1. The molecule has 0 radical (unpaired) electrons. The lowest BCUT2D eigenvalue weighted by molar-refractivity contribution is -0.124. The van der Waals surface area contributed by atoms with E-state index >= 15 is 0 Å². The molecule has 1 aliphatic heterocycles. The van der Waals surface area contributed by atoms with Gasteiger partial charge in [-0.25, -0.2) is 4.98 Å². The predicted molar refractivity (Wildman–Crippen MR) is 77.4 cm³/mol. The van der Waals surface area contributed by atoms with E-state index in [0.717, 1.165) is 12.4 Å². The molecule has 1 aliphatic rings. The number of hydrogen-bond acceptors (Lipinski definition) is 4. The van der Waals surface area contributed by atoms with Gasteiger partial charge in [-0.3, -0.25) is 14.9 Å². The Bertz CT molecular complexity index is 692. The van der Waals surface area contributed by atoms with Crippen LogP contribution in [0.25, 0.3) is 0 Å². The normalized spacial score (nSPS) is 17.0. The number of nitrogens with two attached hydrogens (primary N) is 1. The van der Waals surface area contributed by atoms with Crippen molar-refractivity contribution in [3.05, 3.63) is 48.0 Å². The highest BCUT2D eigenvalue weighted by molar-refractivity contribution is 6.08. The summed E-state index contributed by atoms with van der Waals surface area (Å²) < 4.78 is 2.03. The van der Waals surface area contributed by atoms with E-state index in [1.807, 2.05) is 10.8 Å². The van der Waals surface area contributed by atoms with Gasteiger partial charge in [0.1, 0.15) is 5.82 Å². The molecule has 21 heavy (non-hydrogen) atoms. The molecule has 1 aromatic heterocycles. The SMILES string of the molecule is Nc1ccccc1C(=O)NC(=O)C1CCn2ccnc2C1. The third kappa shape index (κ3) is 2.65. The van der Waals surface area contributed by atoms with Gasteiger partial charge in [0.05, 0.1) is 5.56 Å². The Morgan fingerprint density at radius 3 is 2.95 bits per heavy atom. The molecule has 3 rings (SSSR count). The predicted octanol–water partition coefficient (Wildman–Crippen LogP) is 0.984. The van der Waals surface area contributed by atoms with Crippen LogP contribution < -0.4 is 11.1 Å². The van der Waals surface area contributed by atoms with Gasteiger partial charge in [-0.15, -0.1) is 0 Å². The average molecular weight is 284 g/mol. The summed E-state index contributed by atoms with van der Waals surface area (Å²) in [7, 11) is 0. The van der Waals surface area contributed by atoms with Crippen LogP contribution in [0, 0.1) is 5.92 Å². The molecule has 0 saturated carbocycles. The monoisotopic (exact) mass is 284 g/mol. The van der Waals surface area contributed by atoms with Crippen molar-refractivity contribution >= 4 is 17.5 Å². The number of rotatable bonds is 2. The molecule has 1 aromatic carbocycles. The summed E-state index contributed by atoms with van der Waals surface area (Å²) in [4.78, 5) is 28.5. The van der Waals surface area contributed by atoms with Crippen molar-refractivity contribution in [1.29, 1.82) is 0 Å². The first-order valence-corrected chi connectivity index (χ1v) is 6.85. The Balaban J connectivity index is 1.67. The highest BCUT2D eigenvalue weighted by atomic mass is 16.2. The molecular weight excluding hydrogens is 268 g/mol. The lowest BCUT2D eigenvalue weighted by Crippen LogP contribution is -2.39. The Morgan fingerprint density at radius 2 is 2.14 bits per heavy atom. The maximum atomic E-state index is 12.2. The first kappa shape index (κ1) is 13.4. The number of nitrogens with zero attached hydrogens (tertiary/aromatic N) is 2. The summed E-state index contributed by atoms with van der Waals surface area (Å²) in [5.41, 5.74) is 6.42. The molecule has 2 amide bonds. The summed E-state index contributed by atoms with van der Waals surface area (Å²) in [5, 5.41) is 2.43. The van der Waals surface area contributed by atoms with Gasteiger partial charge < -0.3 is 10.3 Å². The van der Waals surface area contributed by atoms with E-state index in [9.17, 15) is 9.59 Å². The van der Waals surface area contributed by atoms with Crippen LogP contribution in [0.3, 0.4) is 0 Å². The zero-order valence-electron chi connectivity index (χ0n) is 11.5. The number of anilines is 1. The third-order valence-corrected chi connectivity index (χ3v) is 3.76. The fraction of sp³-hybridized carbons (Fsp3) is 0.267. The lowest BCUT2D eigenvalue weighted by Gasteiger charge is -2.22. The van der Waals surface area contributed by atoms with Crippen LogP contribution in [0.1, 0.15) is 22.6 Å². The van der Waals surface area contributed by atoms with Crippen molar-refractivity contribution in [2.24, 2.45) is 5.92 Å². The van der Waals surface area contributed by atoms with Crippen LogP contribution >= 0.6 is 0 Å². The quantitative estimate of drug-likeness (QED) is 0.635. The van der Waals surface area contributed by atoms with Gasteiger partial charge in [-0.2, -0.15) is 0 Å². The standard InChI is InChI=1S/C15H16N4O2/c16-12-4-2-1-3-11(12)15(21)18-14(20)10-5-7-19-8-6-17-13(19)9-10/h1-4,6,8,10H,5,7,9,16H2,(H,18,20,21). The van der Waals surface area contributed by atoms with Gasteiger partial charge >= 0.3 is 0 Å². The molecule has 2 aromatic rings. The molecule has 6 heteroatoms. The minimum absolute atomic E-state index is 0.228. The van der Waals surface area contributed by atoms with E-state index < -0.39 is 5.91 Å². The number of amides is 2. The number of aromatic nitrogens is 2. The van der Waals surface area contributed by atoms with Crippen molar-refractivity contribution in [2.45, 2.75) is 19.4 Å². The molecule has 0 spiro atoms. The largest absolute Gasteiger partial charge is 0.398 e. The first-order valence-electron chi connectivity index (χ1n) is 6.85. The van der Waals surface area contributed by atoms with Crippen LogP contribution in [-0.2, 0) is 17.8 Å². The van der Waals surface area contributed by atoms with E-state index in [1.54, 1.807) is 30.5 Å². The van der Waals surface area contributed by atoms with Crippen LogP contribution in [0.4, 0.5) is 5.69 Å². The number of imidazole rings is 1. The first-order chi connectivity index (χ1) is 10.1. The zero-order chi connectivity index (χ0) is 14.8. The van der Waals surface area contributed by atoms with E-state index in [2.05, 4.69) is 10.3 Å². The maximum absolute atomic E-state index is 12.2. The summed E-state index contributed by atoms with van der Waals surface area (Å²) in [6.45, 7) is 0.745. The number of para-hydroxylation sites is 1. The van der Waals surface area contributed by atoms with Crippen molar-refractivity contribution in [2.75, 3.05) is 5.73 Å². The molecule has 2 heterocycles. The van der Waals surface area contributed by atoms with E-state index in [4.69, 9.17) is 5.73 Å². The van der Waals surface area contributed by atoms with E-state index in [0.29, 0.717) is 24.1 Å². The van der Waals surface area contributed by atoms with E-state index in [1.165, 1.54) is 0 Å². The highest BCUT2D eigenvalue weighted by Gasteiger charge is 2.26. The maximum Gasteiger partial charge on any atom is 0.259 e. The van der Waals surface area contributed by atoms with Crippen molar-refractivity contribution in [3.63, 3.8) is 0 Å². The second-order valence-corrected chi connectivity index (χ2v) is 5.13. The van der Waals surface area contributed by atoms with Gasteiger partial charge in [-0.1, -0.05) is 12.1 Å². The Labute approximate surface area is 122 Å². The lowest BCUT2D eigenvalue weighted by atomic mass is 9.96. The zero-order valence-corrected chi connectivity index (χ0v) is 11.5. The number of carbonyl (C=O) groups is 2. The number of imide groups is 1. The van der Waals surface area contributed by atoms with Crippen LogP contribution in [0.5, 0.6) is 0 Å². The molecule has 108 valence electrons. The number of nitrogen functional groups attached to an aromatic ring is 1. The molecule has 0 aliphatic carbocycles. The Hall–Kier alpha value is -2.63. The number of carbonyl (C=O) groups excluding carboxylic acids is 2. The summed E-state index contributed by atoms with van der Waals surface area (Å²) in [6, 6.07) is 6.70. The number of hydrogen-bond donors (Lipinski definition) is 2. The fourth-order valence-electron chi connectivity index (χ4n) is 2.56. The molecule has 0 bridgehead atoms. The summed E-state index contributed by atoms with van der Waals surface area (Å²) >= 11 is 0. The average Bonchev–Trinajstić information content (AvgIpc) is 2.94. The van der Waals surface area contributed by atoms with Gasteiger partial charge in [0, 0.05) is 37.0 Å². The molecule has 1 unspecified atom stereocenters. The van der Waals surface area contributed by atoms with Crippen molar-refractivity contribution < 1.29 is 9.59 Å². The van der Waals surface area contributed by atoms with Crippen LogP contribution in [0.2, 0.25) is 0 Å². The number of aryl methyl sites for hydroxylation is 1. The second-order valence-electron chi connectivity index (χ2n) is 5.13. The Kier molecular flexibility index (Phi) is 3.43. The Morgan fingerprint density at radius 1 is 1.33 bits per heavy atom. The van der Waals surface area contributed by atoms with Gasteiger partial charge in [0.15, 0.2) is 0 Å². The number of fused-ring (bicyclic) bond motifs is 1. The summed E-state index contributed by atoms with van der Waals surface area (Å²) in [6.07, 6.45) is 4.88. The fourth-order valence-corrected chi connectivity index (χ4v) is 2.56. The molecule has 3 N–H and O–H groups in total. The van der Waals surface area contributed by atoms with Gasteiger partial charge in [0.2, 0.25) is 5.91 Å². The van der Waals surface area contributed by atoms with Crippen molar-refractivity contribution in [3.8, 4) is 0 Å².